The second kappa shape index (κ2) is 6.89. The van der Waals surface area contributed by atoms with Crippen molar-refractivity contribution in [2.24, 2.45) is 0 Å². The van der Waals surface area contributed by atoms with Crippen molar-refractivity contribution in [2.45, 2.75) is 39.3 Å². The summed E-state index contributed by atoms with van der Waals surface area (Å²) in [6.45, 7) is 5.97. The molecule has 0 spiro atoms. The standard InChI is InChI=1S/C14H22N2O2/c1-5-10(2)15-14(17)16-11(3)12-7-6-8-13(9-12)18-4/h6-11H,5H2,1-4H3,(H2,15,16,17). The number of urea groups is 1. The molecule has 100 valence electrons. The summed E-state index contributed by atoms with van der Waals surface area (Å²) in [6.07, 6.45) is 0.918. The fraction of sp³-hybridized carbons (Fsp3) is 0.500. The van der Waals surface area contributed by atoms with E-state index in [1.54, 1.807) is 7.11 Å². The number of rotatable bonds is 5. The molecular weight excluding hydrogens is 228 g/mol. The third-order valence-corrected chi connectivity index (χ3v) is 2.93. The van der Waals surface area contributed by atoms with E-state index in [9.17, 15) is 4.79 Å². The van der Waals surface area contributed by atoms with Crippen LogP contribution in [-0.2, 0) is 0 Å². The zero-order valence-corrected chi connectivity index (χ0v) is 11.5. The van der Waals surface area contributed by atoms with Crippen LogP contribution >= 0.6 is 0 Å². The normalized spacial score (nSPS) is 13.6. The fourth-order valence-electron chi connectivity index (χ4n) is 1.56. The van der Waals surface area contributed by atoms with Gasteiger partial charge in [-0.05, 0) is 38.0 Å². The summed E-state index contributed by atoms with van der Waals surface area (Å²) in [5, 5.41) is 5.78. The molecule has 1 aromatic rings. The minimum atomic E-state index is -0.139. The minimum Gasteiger partial charge on any atom is -0.497 e. The molecule has 0 aromatic heterocycles. The van der Waals surface area contributed by atoms with Crippen molar-refractivity contribution >= 4 is 6.03 Å². The molecule has 0 aliphatic carbocycles. The van der Waals surface area contributed by atoms with Gasteiger partial charge in [0.2, 0.25) is 0 Å². The van der Waals surface area contributed by atoms with Crippen molar-refractivity contribution in [3.05, 3.63) is 29.8 Å². The van der Waals surface area contributed by atoms with Gasteiger partial charge in [0, 0.05) is 6.04 Å². The number of carbonyl (C=O) groups is 1. The van der Waals surface area contributed by atoms with E-state index in [0.717, 1.165) is 17.7 Å². The Morgan fingerprint density at radius 3 is 2.67 bits per heavy atom. The van der Waals surface area contributed by atoms with E-state index in [-0.39, 0.29) is 18.1 Å². The number of nitrogens with one attached hydrogen (secondary N) is 2. The Morgan fingerprint density at radius 2 is 2.06 bits per heavy atom. The first-order valence-corrected chi connectivity index (χ1v) is 6.27. The number of hydrogen-bond acceptors (Lipinski definition) is 2. The predicted octanol–water partition coefficient (Wildman–Crippen LogP) is 2.85. The fourth-order valence-corrected chi connectivity index (χ4v) is 1.56. The van der Waals surface area contributed by atoms with Gasteiger partial charge in [0.1, 0.15) is 5.75 Å². The predicted molar refractivity (Wildman–Crippen MR) is 72.8 cm³/mol. The molecule has 4 heteroatoms. The zero-order valence-electron chi connectivity index (χ0n) is 11.5. The van der Waals surface area contributed by atoms with Gasteiger partial charge in [0.05, 0.1) is 13.2 Å². The van der Waals surface area contributed by atoms with Gasteiger partial charge in [-0.2, -0.15) is 0 Å². The molecule has 0 radical (unpaired) electrons. The van der Waals surface area contributed by atoms with Crippen LogP contribution in [0.4, 0.5) is 4.79 Å². The van der Waals surface area contributed by atoms with Gasteiger partial charge in [-0.3, -0.25) is 0 Å². The molecule has 2 unspecified atom stereocenters. The zero-order chi connectivity index (χ0) is 13.5. The Balaban J connectivity index is 2.58. The summed E-state index contributed by atoms with van der Waals surface area (Å²) in [7, 11) is 1.63. The molecule has 2 amide bonds. The number of methoxy groups -OCH3 is 1. The number of benzene rings is 1. The van der Waals surface area contributed by atoms with E-state index in [0.29, 0.717) is 0 Å². The lowest BCUT2D eigenvalue weighted by atomic mass is 10.1. The van der Waals surface area contributed by atoms with Crippen LogP contribution < -0.4 is 15.4 Å². The smallest absolute Gasteiger partial charge is 0.315 e. The van der Waals surface area contributed by atoms with Crippen molar-refractivity contribution < 1.29 is 9.53 Å². The first-order valence-electron chi connectivity index (χ1n) is 6.27. The average molecular weight is 250 g/mol. The van der Waals surface area contributed by atoms with E-state index < -0.39 is 0 Å². The first kappa shape index (κ1) is 14.4. The number of ether oxygens (including phenoxy) is 1. The molecule has 2 atom stereocenters. The van der Waals surface area contributed by atoms with E-state index >= 15 is 0 Å². The maximum Gasteiger partial charge on any atom is 0.315 e. The van der Waals surface area contributed by atoms with Gasteiger partial charge in [-0.1, -0.05) is 19.1 Å². The molecule has 0 bridgehead atoms. The lowest BCUT2D eigenvalue weighted by Crippen LogP contribution is -2.41. The van der Waals surface area contributed by atoms with Gasteiger partial charge < -0.3 is 15.4 Å². The van der Waals surface area contributed by atoms with Gasteiger partial charge in [-0.15, -0.1) is 0 Å². The molecule has 2 N–H and O–H groups in total. The summed E-state index contributed by atoms with van der Waals surface area (Å²) >= 11 is 0. The van der Waals surface area contributed by atoms with Gasteiger partial charge in [0.15, 0.2) is 0 Å². The topological polar surface area (TPSA) is 50.4 Å². The third-order valence-electron chi connectivity index (χ3n) is 2.93. The SMILES string of the molecule is CCC(C)NC(=O)NC(C)c1cccc(OC)c1. The second-order valence-electron chi connectivity index (χ2n) is 4.43. The van der Waals surface area contributed by atoms with Crippen LogP contribution in [0.1, 0.15) is 38.8 Å². The Labute approximate surface area is 109 Å². The van der Waals surface area contributed by atoms with Gasteiger partial charge >= 0.3 is 6.03 Å². The first-order chi connectivity index (χ1) is 8.56. The lowest BCUT2D eigenvalue weighted by Gasteiger charge is -2.18. The van der Waals surface area contributed by atoms with Crippen molar-refractivity contribution in [3.63, 3.8) is 0 Å². The van der Waals surface area contributed by atoms with E-state index in [1.165, 1.54) is 0 Å². The Bertz CT molecular complexity index is 393. The lowest BCUT2D eigenvalue weighted by molar-refractivity contribution is 0.234. The van der Waals surface area contributed by atoms with Crippen LogP contribution in [0.2, 0.25) is 0 Å². The summed E-state index contributed by atoms with van der Waals surface area (Å²) in [4.78, 5) is 11.7. The van der Waals surface area contributed by atoms with Crippen molar-refractivity contribution in [1.29, 1.82) is 0 Å². The van der Waals surface area contributed by atoms with E-state index in [2.05, 4.69) is 10.6 Å². The monoisotopic (exact) mass is 250 g/mol. The maximum absolute atomic E-state index is 11.7. The molecule has 0 aliphatic rings. The summed E-state index contributed by atoms with van der Waals surface area (Å²) in [5.74, 6) is 0.795. The van der Waals surface area contributed by atoms with Crippen molar-refractivity contribution in [3.8, 4) is 5.75 Å². The Hall–Kier alpha value is -1.71. The molecule has 1 aromatic carbocycles. The summed E-state index contributed by atoms with van der Waals surface area (Å²) < 4.78 is 5.16. The molecule has 0 aliphatic heterocycles. The van der Waals surface area contributed by atoms with Crippen molar-refractivity contribution in [2.75, 3.05) is 7.11 Å². The number of hydrogen-bond donors (Lipinski definition) is 2. The summed E-state index contributed by atoms with van der Waals surface area (Å²) in [6, 6.07) is 7.69. The number of amides is 2. The Kier molecular flexibility index (Phi) is 5.49. The van der Waals surface area contributed by atoms with E-state index in [1.807, 2.05) is 45.0 Å². The maximum atomic E-state index is 11.7. The molecule has 1 rings (SSSR count). The van der Waals surface area contributed by atoms with Crippen molar-refractivity contribution in [1.82, 2.24) is 10.6 Å². The minimum absolute atomic E-state index is 0.0517. The quantitative estimate of drug-likeness (QED) is 0.844. The second-order valence-corrected chi connectivity index (χ2v) is 4.43. The van der Waals surface area contributed by atoms with Crippen LogP contribution in [0.5, 0.6) is 5.75 Å². The van der Waals surface area contributed by atoms with Crippen LogP contribution in [-0.4, -0.2) is 19.2 Å². The molecular formula is C14H22N2O2. The summed E-state index contributed by atoms with van der Waals surface area (Å²) in [5.41, 5.74) is 1.02. The molecule has 0 fully saturated rings. The molecule has 0 heterocycles. The Morgan fingerprint density at radius 1 is 1.33 bits per heavy atom. The number of carbonyl (C=O) groups excluding carboxylic acids is 1. The molecule has 0 saturated carbocycles. The molecule has 4 nitrogen and oxygen atoms in total. The molecule has 0 saturated heterocycles. The van der Waals surface area contributed by atoms with Crippen LogP contribution in [0.15, 0.2) is 24.3 Å². The van der Waals surface area contributed by atoms with Crippen LogP contribution in [0.3, 0.4) is 0 Å². The average Bonchev–Trinajstić information content (AvgIpc) is 2.38. The highest BCUT2D eigenvalue weighted by atomic mass is 16.5. The third kappa shape index (κ3) is 4.28. The van der Waals surface area contributed by atoms with E-state index in [4.69, 9.17) is 4.74 Å². The molecule has 18 heavy (non-hydrogen) atoms. The van der Waals surface area contributed by atoms with Crippen LogP contribution in [0, 0.1) is 0 Å². The largest absolute Gasteiger partial charge is 0.497 e. The highest BCUT2D eigenvalue weighted by Crippen LogP contribution is 2.18. The van der Waals surface area contributed by atoms with Gasteiger partial charge in [0.25, 0.3) is 0 Å². The highest BCUT2D eigenvalue weighted by Gasteiger charge is 2.11. The van der Waals surface area contributed by atoms with Crippen LogP contribution in [0.25, 0.3) is 0 Å². The van der Waals surface area contributed by atoms with Gasteiger partial charge in [-0.25, -0.2) is 4.79 Å². The highest BCUT2D eigenvalue weighted by molar-refractivity contribution is 5.74.